The first-order valence-corrected chi connectivity index (χ1v) is 11.7. The molecule has 180 valence electrons. The Hall–Kier alpha value is -3.59. The average Bonchev–Trinajstić information content (AvgIpc) is 3.39. The number of fused-ring (bicyclic) bond motifs is 1. The van der Waals surface area contributed by atoms with E-state index in [9.17, 15) is 24.4 Å². The number of carbonyl (C=O) groups is 3. The van der Waals surface area contributed by atoms with Gasteiger partial charge in [-0.25, -0.2) is 9.78 Å². The highest BCUT2D eigenvalue weighted by Crippen LogP contribution is 2.43. The number of hydrogen-bond donors (Lipinski definition) is 3. The van der Waals surface area contributed by atoms with E-state index in [1.165, 1.54) is 35.0 Å². The molecular weight excluding hydrogens is 490 g/mol. The first kappa shape index (κ1) is 23.6. The van der Waals surface area contributed by atoms with Gasteiger partial charge in [-0.1, -0.05) is 11.2 Å². The van der Waals surface area contributed by atoms with Gasteiger partial charge in [0, 0.05) is 17.7 Å². The summed E-state index contributed by atoms with van der Waals surface area (Å²) in [6.45, 7) is 4.92. The van der Waals surface area contributed by atoms with E-state index >= 15 is 0 Å². The lowest BCUT2D eigenvalue weighted by Gasteiger charge is -2.53. The number of rotatable bonds is 7. The highest BCUT2D eigenvalue weighted by atomic mass is 32.2. The number of aryl methyl sites for hydroxylation is 1. The molecule has 2 fully saturated rings. The molecule has 0 aliphatic carbocycles. The SMILES string of the molecule is C=CC1(C(=O)OCc2oc(=O)oc2C)CS[C@@H]2C(NC(=O)C(=NO)c3csc(N)n3)C(=O)N2C1. The van der Waals surface area contributed by atoms with Crippen LogP contribution >= 0.6 is 23.1 Å². The molecule has 13 nitrogen and oxygen atoms in total. The number of aromatic nitrogens is 1. The van der Waals surface area contributed by atoms with Crippen molar-refractivity contribution in [1.29, 1.82) is 0 Å². The molecule has 2 aliphatic rings. The number of nitrogens with one attached hydrogen (secondary N) is 1. The van der Waals surface area contributed by atoms with Gasteiger partial charge >= 0.3 is 11.8 Å². The van der Waals surface area contributed by atoms with Crippen molar-refractivity contribution in [2.24, 2.45) is 10.6 Å². The predicted octanol–water partition coefficient (Wildman–Crippen LogP) is 0.0739. The van der Waals surface area contributed by atoms with Crippen molar-refractivity contribution in [2.45, 2.75) is 24.9 Å². The Kier molecular flexibility index (Phi) is 6.22. The number of amides is 2. The zero-order chi connectivity index (χ0) is 24.6. The molecule has 4 heterocycles. The number of β-lactam (4-membered cyclic amide) rings is 1. The summed E-state index contributed by atoms with van der Waals surface area (Å²) >= 11 is 2.33. The van der Waals surface area contributed by atoms with Crippen LogP contribution in [0, 0.1) is 12.3 Å². The Morgan fingerprint density at radius 3 is 2.85 bits per heavy atom. The van der Waals surface area contributed by atoms with Crippen LogP contribution in [0.5, 0.6) is 0 Å². The number of esters is 1. The molecular formula is C19H19N5O8S2. The molecule has 15 heteroatoms. The van der Waals surface area contributed by atoms with E-state index in [0.29, 0.717) is 0 Å². The van der Waals surface area contributed by atoms with Crippen molar-refractivity contribution in [3.63, 3.8) is 0 Å². The summed E-state index contributed by atoms with van der Waals surface area (Å²) in [4.78, 5) is 54.6. The van der Waals surface area contributed by atoms with E-state index in [-0.39, 0.29) is 47.0 Å². The summed E-state index contributed by atoms with van der Waals surface area (Å²) in [6, 6.07) is -0.882. The van der Waals surface area contributed by atoms with Gasteiger partial charge in [0.1, 0.15) is 22.5 Å². The van der Waals surface area contributed by atoms with Crippen LogP contribution in [0.1, 0.15) is 17.2 Å². The quantitative estimate of drug-likeness (QED) is 0.114. The van der Waals surface area contributed by atoms with Crippen LogP contribution in [0.3, 0.4) is 0 Å². The van der Waals surface area contributed by atoms with Gasteiger partial charge in [-0.2, -0.15) is 0 Å². The highest BCUT2D eigenvalue weighted by molar-refractivity contribution is 8.00. The Balaban J connectivity index is 1.39. The van der Waals surface area contributed by atoms with Gasteiger partial charge in [-0.3, -0.25) is 14.4 Å². The number of oxime groups is 1. The van der Waals surface area contributed by atoms with Gasteiger partial charge in [-0.05, 0) is 6.92 Å². The van der Waals surface area contributed by atoms with Gasteiger partial charge in [0.15, 0.2) is 29.0 Å². The number of carbonyl (C=O) groups excluding carboxylic acids is 3. The maximum absolute atomic E-state index is 12.8. The summed E-state index contributed by atoms with van der Waals surface area (Å²) in [5.74, 6) is -2.23. The third kappa shape index (κ3) is 4.07. The van der Waals surface area contributed by atoms with E-state index in [2.05, 4.69) is 22.0 Å². The van der Waals surface area contributed by atoms with E-state index in [4.69, 9.17) is 19.3 Å². The second-order valence-electron chi connectivity index (χ2n) is 7.51. The van der Waals surface area contributed by atoms with E-state index in [1.807, 2.05) is 0 Å². The molecule has 4 N–H and O–H groups in total. The monoisotopic (exact) mass is 509 g/mol. The van der Waals surface area contributed by atoms with Crippen LogP contribution in [0.2, 0.25) is 0 Å². The van der Waals surface area contributed by atoms with Gasteiger partial charge in [-0.15, -0.1) is 29.7 Å². The predicted molar refractivity (Wildman–Crippen MR) is 119 cm³/mol. The highest BCUT2D eigenvalue weighted by Gasteiger charge is 2.57. The minimum atomic E-state index is -1.19. The van der Waals surface area contributed by atoms with Crippen molar-refractivity contribution in [3.05, 3.63) is 45.9 Å². The minimum absolute atomic E-state index is 0.00388. The van der Waals surface area contributed by atoms with Gasteiger partial charge in [0.2, 0.25) is 5.91 Å². The fourth-order valence-corrected chi connectivity index (χ4v) is 5.60. The molecule has 2 amide bonds. The molecule has 34 heavy (non-hydrogen) atoms. The normalized spacial score (nSPS) is 24.2. The smallest absolute Gasteiger partial charge is 0.457 e. The molecule has 0 saturated carbocycles. The molecule has 4 rings (SSSR count). The first-order chi connectivity index (χ1) is 16.2. The topological polar surface area (TPSA) is 191 Å². The molecule has 0 bridgehead atoms. The van der Waals surface area contributed by atoms with Crippen LogP contribution in [0.15, 0.2) is 36.8 Å². The number of anilines is 1. The first-order valence-electron chi connectivity index (χ1n) is 9.75. The summed E-state index contributed by atoms with van der Waals surface area (Å²) in [5.41, 5.74) is 4.07. The second kappa shape index (κ2) is 8.98. The fraction of sp³-hybridized carbons (Fsp3) is 0.368. The molecule has 3 atom stereocenters. The third-order valence-corrected chi connectivity index (χ3v) is 7.66. The molecule has 2 aromatic rings. The van der Waals surface area contributed by atoms with Crippen molar-refractivity contribution in [2.75, 3.05) is 18.0 Å². The number of nitrogens with two attached hydrogens (primary N) is 1. The standard InChI is InChI=1S/C19H19N5O8S2/c1-3-19(16(27)30-4-10-8(2)31-18(28)32-10)6-24-14(26)12(15(24)34-7-19)22-13(25)11(23-29)9-5-33-17(20)21-9/h3,5,12,15,29H,1,4,6-7H2,2H3,(H2,20,21)(H,22,25)/t12?,15-,19?/m1/s1. The summed E-state index contributed by atoms with van der Waals surface area (Å²) < 4.78 is 14.9. The molecule has 2 saturated heterocycles. The van der Waals surface area contributed by atoms with E-state index in [1.54, 1.807) is 0 Å². The van der Waals surface area contributed by atoms with Gasteiger partial charge in [0.25, 0.3) is 5.91 Å². The summed E-state index contributed by atoms with van der Waals surface area (Å²) in [7, 11) is 0. The molecule has 2 aliphatic heterocycles. The molecule has 0 aromatic carbocycles. The van der Waals surface area contributed by atoms with Crippen LogP contribution < -0.4 is 16.9 Å². The number of thioether (sulfide) groups is 1. The van der Waals surface area contributed by atoms with E-state index in [0.717, 1.165) is 11.3 Å². The summed E-state index contributed by atoms with van der Waals surface area (Å²) in [5, 5.41) is 16.0. The average molecular weight is 510 g/mol. The number of nitrogen functional groups attached to an aromatic ring is 1. The number of ether oxygens (including phenoxy) is 1. The van der Waals surface area contributed by atoms with Crippen LogP contribution in [-0.4, -0.2) is 62.3 Å². The van der Waals surface area contributed by atoms with Gasteiger partial charge in [0.05, 0.1) is 0 Å². The Labute approximate surface area is 199 Å². The van der Waals surface area contributed by atoms with Crippen LogP contribution in [0.4, 0.5) is 5.13 Å². The zero-order valence-electron chi connectivity index (χ0n) is 17.7. The third-order valence-electron chi connectivity index (χ3n) is 5.44. The maximum atomic E-state index is 12.8. The Morgan fingerprint density at radius 2 is 2.26 bits per heavy atom. The van der Waals surface area contributed by atoms with Gasteiger partial charge < -0.3 is 34.7 Å². The van der Waals surface area contributed by atoms with Crippen molar-refractivity contribution >= 4 is 51.7 Å². The van der Waals surface area contributed by atoms with Crippen molar-refractivity contribution in [1.82, 2.24) is 15.2 Å². The zero-order valence-corrected chi connectivity index (χ0v) is 19.3. The van der Waals surface area contributed by atoms with Crippen molar-refractivity contribution in [3.8, 4) is 0 Å². The molecule has 0 spiro atoms. The van der Waals surface area contributed by atoms with Crippen LogP contribution in [0.25, 0.3) is 0 Å². The largest absolute Gasteiger partial charge is 0.519 e. The lowest BCUT2D eigenvalue weighted by atomic mass is 9.87. The second-order valence-corrected chi connectivity index (χ2v) is 9.50. The number of nitrogens with zero attached hydrogens (tertiary/aromatic N) is 3. The maximum Gasteiger partial charge on any atom is 0.519 e. The number of thiazole rings is 1. The molecule has 2 unspecified atom stereocenters. The minimum Gasteiger partial charge on any atom is -0.457 e. The Bertz CT molecular complexity index is 1250. The summed E-state index contributed by atoms with van der Waals surface area (Å²) in [6.07, 6.45) is 1.42. The van der Waals surface area contributed by atoms with E-state index < -0.39 is 40.4 Å². The number of hydrogen-bond acceptors (Lipinski definition) is 13. The molecule has 2 aromatic heterocycles. The lowest BCUT2D eigenvalue weighted by molar-refractivity contribution is -0.161. The molecule has 0 radical (unpaired) electrons. The Morgan fingerprint density at radius 1 is 1.50 bits per heavy atom. The fourth-order valence-electron chi connectivity index (χ4n) is 3.52. The van der Waals surface area contributed by atoms with Crippen LogP contribution in [-0.2, 0) is 25.7 Å². The van der Waals surface area contributed by atoms with Crippen molar-refractivity contribution < 1.29 is 33.2 Å². The lowest BCUT2D eigenvalue weighted by Crippen LogP contribution is -2.73.